The first-order valence-electron chi connectivity index (χ1n) is 10.1. The Balaban J connectivity index is 1.58. The van der Waals surface area contributed by atoms with Crippen molar-refractivity contribution in [3.8, 4) is 0 Å². The zero-order chi connectivity index (χ0) is 18.8. The minimum absolute atomic E-state index is 0.0670. The van der Waals surface area contributed by atoms with E-state index in [0.29, 0.717) is 12.5 Å². The Morgan fingerprint density at radius 2 is 1.93 bits per heavy atom. The number of aromatic nitrogens is 2. The highest BCUT2D eigenvalue weighted by Crippen LogP contribution is 2.32. The SMILES string of the molecule is CCCc1cc(N2C[C@H]3CC[C@@H](C2)N(Cc2ccccc2)C3=O)nc(C)n1. The first-order valence-corrected chi connectivity index (χ1v) is 10.1. The van der Waals surface area contributed by atoms with Gasteiger partial charge in [-0.15, -0.1) is 0 Å². The number of aryl methyl sites for hydroxylation is 2. The van der Waals surface area contributed by atoms with Gasteiger partial charge in [0.1, 0.15) is 11.6 Å². The predicted molar refractivity (Wildman–Crippen MR) is 106 cm³/mol. The lowest BCUT2D eigenvalue weighted by Gasteiger charge is -2.36. The number of benzene rings is 1. The van der Waals surface area contributed by atoms with Crippen LogP contribution in [0, 0.1) is 12.8 Å². The summed E-state index contributed by atoms with van der Waals surface area (Å²) in [5.41, 5.74) is 2.30. The minimum Gasteiger partial charge on any atom is -0.354 e. The molecule has 0 saturated carbocycles. The lowest BCUT2D eigenvalue weighted by atomic mass is 9.93. The number of amides is 1. The van der Waals surface area contributed by atoms with Gasteiger partial charge in [0.25, 0.3) is 0 Å². The van der Waals surface area contributed by atoms with Crippen molar-refractivity contribution in [1.29, 1.82) is 0 Å². The molecule has 5 heteroatoms. The summed E-state index contributed by atoms with van der Waals surface area (Å²) in [7, 11) is 0. The summed E-state index contributed by atoms with van der Waals surface area (Å²) < 4.78 is 0. The zero-order valence-corrected chi connectivity index (χ0v) is 16.3. The van der Waals surface area contributed by atoms with E-state index >= 15 is 0 Å². The van der Waals surface area contributed by atoms with E-state index in [1.807, 2.05) is 25.1 Å². The maximum Gasteiger partial charge on any atom is 0.228 e. The van der Waals surface area contributed by atoms with Gasteiger partial charge in [0.15, 0.2) is 0 Å². The van der Waals surface area contributed by atoms with Crippen molar-refractivity contribution in [3.05, 3.63) is 53.5 Å². The van der Waals surface area contributed by atoms with Crippen molar-refractivity contribution >= 4 is 11.7 Å². The minimum atomic E-state index is 0.0670. The number of carbonyl (C=O) groups excluding carboxylic acids is 1. The Morgan fingerprint density at radius 3 is 2.70 bits per heavy atom. The van der Waals surface area contributed by atoms with Crippen LogP contribution in [-0.2, 0) is 17.8 Å². The van der Waals surface area contributed by atoms with Gasteiger partial charge in [0.05, 0.1) is 5.92 Å². The highest BCUT2D eigenvalue weighted by atomic mass is 16.2. The smallest absolute Gasteiger partial charge is 0.228 e. The van der Waals surface area contributed by atoms with E-state index in [9.17, 15) is 4.79 Å². The van der Waals surface area contributed by atoms with Crippen LogP contribution in [-0.4, -0.2) is 39.9 Å². The summed E-state index contributed by atoms with van der Waals surface area (Å²) >= 11 is 0. The van der Waals surface area contributed by atoms with Crippen LogP contribution < -0.4 is 4.90 Å². The summed E-state index contributed by atoms with van der Waals surface area (Å²) in [5.74, 6) is 2.17. The van der Waals surface area contributed by atoms with Crippen LogP contribution in [0.15, 0.2) is 36.4 Å². The lowest BCUT2D eigenvalue weighted by molar-refractivity contribution is -0.140. The highest BCUT2D eigenvalue weighted by molar-refractivity contribution is 5.81. The van der Waals surface area contributed by atoms with E-state index in [1.54, 1.807) is 0 Å². The Hall–Kier alpha value is -2.43. The Labute approximate surface area is 161 Å². The molecule has 142 valence electrons. The quantitative estimate of drug-likeness (QED) is 0.816. The molecule has 3 fully saturated rings. The molecule has 2 atom stereocenters. The summed E-state index contributed by atoms with van der Waals surface area (Å²) in [4.78, 5) is 26.8. The van der Waals surface area contributed by atoms with Crippen LogP contribution in [0.3, 0.4) is 0 Å². The van der Waals surface area contributed by atoms with Crippen molar-refractivity contribution in [3.63, 3.8) is 0 Å². The first kappa shape index (κ1) is 18.0. The highest BCUT2D eigenvalue weighted by Gasteiger charge is 2.41. The molecule has 2 bridgehead atoms. The molecule has 4 heterocycles. The van der Waals surface area contributed by atoms with Crippen molar-refractivity contribution in [2.75, 3.05) is 18.0 Å². The molecule has 27 heavy (non-hydrogen) atoms. The molecule has 3 aliphatic rings. The summed E-state index contributed by atoms with van der Waals surface area (Å²) in [6.45, 7) is 6.46. The van der Waals surface area contributed by atoms with Gasteiger partial charge >= 0.3 is 0 Å². The van der Waals surface area contributed by atoms with Gasteiger partial charge in [-0.2, -0.15) is 0 Å². The van der Waals surface area contributed by atoms with Crippen LogP contribution in [0.5, 0.6) is 0 Å². The maximum absolute atomic E-state index is 13.1. The fraction of sp³-hybridized carbons (Fsp3) is 0.500. The molecule has 2 aromatic rings. The molecular weight excluding hydrogens is 336 g/mol. The van der Waals surface area contributed by atoms with Crippen LogP contribution in [0.25, 0.3) is 0 Å². The number of hydrogen-bond acceptors (Lipinski definition) is 4. The number of anilines is 1. The first-order chi connectivity index (χ1) is 13.1. The molecule has 0 N–H and O–H groups in total. The number of carbonyl (C=O) groups is 1. The fourth-order valence-electron chi connectivity index (χ4n) is 4.37. The van der Waals surface area contributed by atoms with Gasteiger partial charge in [-0.3, -0.25) is 4.79 Å². The Bertz CT molecular complexity index is 807. The molecular formula is C22H28N4O. The van der Waals surface area contributed by atoms with Crippen LogP contribution >= 0.6 is 0 Å². The van der Waals surface area contributed by atoms with E-state index in [1.165, 1.54) is 5.56 Å². The largest absolute Gasteiger partial charge is 0.354 e. The molecule has 5 rings (SSSR count). The van der Waals surface area contributed by atoms with Gasteiger partial charge in [-0.1, -0.05) is 43.7 Å². The van der Waals surface area contributed by atoms with Gasteiger partial charge in [-0.05, 0) is 31.7 Å². The van der Waals surface area contributed by atoms with Gasteiger partial charge in [0.2, 0.25) is 5.91 Å². The molecule has 0 spiro atoms. The summed E-state index contributed by atoms with van der Waals surface area (Å²) in [5, 5.41) is 0. The molecule has 0 unspecified atom stereocenters. The molecule has 0 aliphatic carbocycles. The zero-order valence-electron chi connectivity index (χ0n) is 16.3. The second-order valence-electron chi connectivity index (χ2n) is 7.80. The van der Waals surface area contributed by atoms with E-state index in [4.69, 9.17) is 4.98 Å². The second kappa shape index (κ2) is 7.67. The fourth-order valence-corrected chi connectivity index (χ4v) is 4.37. The summed E-state index contributed by atoms with van der Waals surface area (Å²) in [6.07, 6.45) is 4.10. The van der Waals surface area contributed by atoms with Crippen LogP contribution in [0.1, 0.15) is 43.3 Å². The standard InChI is InChI=1S/C22H28N4O/c1-3-7-19-12-21(24-16(2)23-19)25-14-18-10-11-20(15-25)26(22(18)27)13-17-8-5-4-6-9-17/h4-6,8-9,12,18,20H,3,7,10-11,13-15H2,1-2H3/t18-,20+/m1/s1. The number of piperidine rings is 1. The average molecular weight is 364 g/mol. The lowest BCUT2D eigenvalue weighted by Crippen LogP contribution is -2.47. The monoisotopic (exact) mass is 364 g/mol. The van der Waals surface area contributed by atoms with E-state index in [0.717, 1.165) is 56.1 Å². The third-order valence-corrected chi connectivity index (χ3v) is 5.70. The second-order valence-corrected chi connectivity index (χ2v) is 7.80. The molecule has 1 amide bonds. The van der Waals surface area contributed by atoms with Crippen molar-refractivity contribution in [2.45, 2.75) is 52.1 Å². The normalized spacial score (nSPS) is 22.2. The van der Waals surface area contributed by atoms with Crippen LogP contribution in [0.2, 0.25) is 0 Å². The molecule has 1 aromatic heterocycles. The molecule has 5 nitrogen and oxygen atoms in total. The number of hydrogen-bond donors (Lipinski definition) is 0. The Morgan fingerprint density at radius 1 is 1.11 bits per heavy atom. The molecule has 3 aliphatic heterocycles. The van der Waals surface area contributed by atoms with Crippen molar-refractivity contribution < 1.29 is 4.79 Å². The molecule has 1 aromatic carbocycles. The van der Waals surface area contributed by atoms with E-state index < -0.39 is 0 Å². The van der Waals surface area contributed by atoms with Gasteiger partial charge in [-0.25, -0.2) is 9.97 Å². The number of rotatable bonds is 5. The Kier molecular flexibility index (Phi) is 5.10. The summed E-state index contributed by atoms with van der Waals surface area (Å²) in [6, 6.07) is 12.7. The van der Waals surface area contributed by atoms with Crippen molar-refractivity contribution in [1.82, 2.24) is 14.9 Å². The van der Waals surface area contributed by atoms with E-state index in [-0.39, 0.29) is 12.0 Å². The van der Waals surface area contributed by atoms with Gasteiger partial charge in [0, 0.05) is 37.4 Å². The topological polar surface area (TPSA) is 49.3 Å². The van der Waals surface area contributed by atoms with Gasteiger partial charge < -0.3 is 9.80 Å². The maximum atomic E-state index is 13.1. The number of fused-ring (bicyclic) bond motifs is 4. The average Bonchev–Trinajstić information content (AvgIpc) is 2.95. The number of nitrogens with zero attached hydrogens (tertiary/aromatic N) is 4. The van der Waals surface area contributed by atoms with Crippen molar-refractivity contribution in [2.24, 2.45) is 5.92 Å². The molecule has 0 radical (unpaired) electrons. The third kappa shape index (κ3) is 3.82. The van der Waals surface area contributed by atoms with E-state index in [2.05, 4.69) is 39.9 Å². The van der Waals surface area contributed by atoms with Crippen LogP contribution in [0.4, 0.5) is 5.82 Å². The predicted octanol–water partition coefficient (Wildman–Crippen LogP) is 3.36. The molecule has 3 saturated heterocycles. The third-order valence-electron chi connectivity index (χ3n) is 5.70.